The van der Waals surface area contributed by atoms with Crippen molar-refractivity contribution >= 4 is 23.9 Å². The third kappa shape index (κ3) is 2.94. The van der Waals surface area contributed by atoms with E-state index >= 15 is 0 Å². The molecule has 3 rings (SSSR count). The van der Waals surface area contributed by atoms with E-state index in [0.29, 0.717) is 0 Å². The van der Waals surface area contributed by atoms with Gasteiger partial charge in [-0.15, -0.1) is 0 Å². The maximum Gasteiger partial charge on any atom is 0.332 e. The quantitative estimate of drug-likeness (QED) is 0.492. The zero-order valence-electron chi connectivity index (χ0n) is 12.4. The summed E-state index contributed by atoms with van der Waals surface area (Å²) in [5.74, 6) is -2.28. The SMILES string of the molecule is O=C(C=Cc1ccccc1F)OCN1C(=O)c2ccccc2C1=O. The molecule has 0 aliphatic carbocycles. The first-order valence-corrected chi connectivity index (χ1v) is 7.12. The Morgan fingerprint density at radius 3 is 2.21 bits per heavy atom. The van der Waals surface area contributed by atoms with Crippen molar-refractivity contribution in [3.05, 3.63) is 77.1 Å². The summed E-state index contributed by atoms with van der Waals surface area (Å²) in [4.78, 5) is 36.7. The van der Waals surface area contributed by atoms with Crippen molar-refractivity contribution in [3.63, 3.8) is 0 Å². The van der Waals surface area contributed by atoms with E-state index in [2.05, 4.69) is 0 Å². The van der Waals surface area contributed by atoms with Crippen LogP contribution in [0.3, 0.4) is 0 Å². The summed E-state index contributed by atoms with van der Waals surface area (Å²) in [7, 11) is 0. The molecule has 24 heavy (non-hydrogen) atoms. The van der Waals surface area contributed by atoms with E-state index in [4.69, 9.17) is 4.74 Å². The third-order valence-electron chi connectivity index (χ3n) is 3.52. The Bertz CT molecular complexity index is 825. The molecule has 120 valence electrons. The summed E-state index contributed by atoms with van der Waals surface area (Å²) in [5.41, 5.74) is 0.788. The summed E-state index contributed by atoms with van der Waals surface area (Å²) in [6, 6.07) is 12.3. The van der Waals surface area contributed by atoms with Crippen molar-refractivity contribution in [2.45, 2.75) is 0 Å². The monoisotopic (exact) mass is 325 g/mol. The Kier molecular flexibility index (Phi) is 4.20. The van der Waals surface area contributed by atoms with Crippen molar-refractivity contribution in [2.24, 2.45) is 0 Å². The highest BCUT2D eigenvalue weighted by molar-refractivity contribution is 6.21. The standard InChI is InChI=1S/C18H12FNO4/c19-15-8-4-1-5-12(15)9-10-16(21)24-11-20-17(22)13-6-2-3-7-14(13)18(20)23/h1-10H,11H2. The minimum absolute atomic E-state index is 0.232. The maximum atomic E-state index is 13.4. The first kappa shape index (κ1) is 15.6. The molecular weight excluding hydrogens is 313 g/mol. The molecule has 0 saturated heterocycles. The van der Waals surface area contributed by atoms with Gasteiger partial charge < -0.3 is 4.74 Å². The fourth-order valence-corrected chi connectivity index (χ4v) is 2.30. The van der Waals surface area contributed by atoms with Gasteiger partial charge >= 0.3 is 5.97 Å². The number of hydrogen-bond donors (Lipinski definition) is 0. The Hall–Kier alpha value is -3.28. The molecule has 0 unspecified atom stereocenters. The predicted octanol–water partition coefficient (Wildman–Crippen LogP) is 2.64. The van der Waals surface area contributed by atoms with E-state index in [9.17, 15) is 18.8 Å². The number of benzene rings is 2. The van der Waals surface area contributed by atoms with Crippen LogP contribution in [0.5, 0.6) is 0 Å². The molecule has 0 bridgehead atoms. The highest BCUT2D eigenvalue weighted by atomic mass is 19.1. The molecule has 0 radical (unpaired) electrons. The van der Waals surface area contributed by atoms with Crippen LogP contribution in [0.2, 0.25) is 0 Å². The van der Waals surface area contributed by atoms with Crippen molar-refractivity contribution < 1.29 is 23.5 Å². The Morgan fingerprint density at radius 2 is 1.58 bits per heavy atom. The van der Waals surface area contributed by atoms with E-state index in [1.54, 1.807) is 18.2 Å². The average Bonchev–Trinajstić information content (AvgIpc) is 2.84. The van der Waals surface area contributed by atoms with Crippen LogP contribution in [-0.4, -0.2) is 29.4 Å². The van der Waals surface area contributed by atoms with Crippen LogP contribution in [0.25, 0.3) is 6.08 Å². The van der Waals surface area contributed by atoms with Gasteiger partial charge in [-0.05, 0) is 24.3 Å². The van der Waals surface area contributed by atoms with Crippen LogP contribution in [0.1, 0.15) is 26.3 Å². The lowest BCUT2D eigenvalue weighted by Gasteiger charge is -2.12. The highest BCUT2D eigenvalue weighted by Crippen LogP contribution is 2.22. The lowest BCUT2D eigenvalue weighted by Crippen LogP contribution is -2.32. The van der Waals surface area contributed by atoms with Crippen molar-refractivity contribution in [3.8, 4) is 0 Å². The van der Waals surface area contributed by atoms with Gasteiger partial charge in [-0.25, -0.2) is 14.1 Å². The van der Waals surface area contributed by atoms with E-state index in [0.717, 1.165) is 11.0 Å². The van der Waals surface area contributed by atoms with E-state index in [1.807, 2.05) is 0 Å². The predicted molar refractivity (Wildman–Crippen MR) is 83.3 cm³/mol. The lowest BCUT2D eigenvalue weighted by atomic mass is 10.1. The number of hydrogen-bond acceptors (Lipinski definition) is 4. The second-order valence-corrected chi connectivity index (χ2v) is 5.03. The van der Waals surface area contributed by atoms with Gasteiger partial charge in [-0.1, -0.05) is 30.3 Å². The van der Waals surface area contributed by atoms with Crippen LogP contribution in [0, 0.1) is 5.82 Å². The number of ether oxygens (including phenoxy) is 1. The molecule has 2 aromatic carbocycles. The van der Waals surface area contributed by atoms with Crippen LogP contribution < -0.4 is 0 Å². The molecule has 2 amide bonds. The molecule has 6 heteroatoms. The third-order valence-corrected chi connectivity index (χ3v) is 3.52. The average molecular weight is 325 g/mol. The number of fused-ring (bicyclic) bond motifs is 1. The molecule has 0 aromatic heterocycles. The van der Waals surface area contributed by atoms with Gasteiger partial charge in [0.25, 0.3) is 11.8 Å². The number of amides is 2. The molecule has 0 fully saturated rings. The van der Waals surface area contributed by atoms with Crippen molar-refractivity contribution in [2.75, 3.05) is 6.73 Å². The van der Waals surface area contributed by atoms with Gasteiger partial charge in [-0.2, -0.15) is 0 Å². The Morgan fingerprint density at radius 1 is 1.00 bits per heavy atom. The van der Waals surface area contributed by atoms with Crippen LogP contribution in [0.15, 0.2) is 54.6 Å². The summed E-state index contributed by atoms with van der Waals surface area (Å²) < 4.78 is 18.3. The minimum Gasteiger partial charge on any atom is -0.441 e. The molecule has 1 heterocycles. The molecule has 0 atom stereocenters. The number of carbonyl (C=O) groups excluding carboxylic acids is 3. The first-order chi connectivity index (χ1) is 11.6. The Labute approximate surface area is 137 Å². The zero-order chi connectivity index (χ0) is 17.1. The normalized spacial score (nSPS) is 13.5. The number of carbonyl (C=O) groups is 3. The number of esters is 1. The minimum atomic E-state index is -0.783. The highest BCUT2D eigenvalue weighted by Gasteiger charge is 2.35. The number of rotatable bonds is 4. The Balaban J connectivity index is 1.63. The van der Waals surface area contributed by atoms with Crippen molar-refractivity contribution in [1.82, 2.24) is 4.90 Å². The zero-order valence-corrected chi connectivity index (χ0v) is 12.4. The molecule has 0 saturated carbocycles. The van der Waals surface area contributed by atoms with Crippen molar-refractivity contribution in [1.29, 1.82) is 0 Å². The van der Waals surface area contributed by atoms with Gasteiger partial charge in [-0.3, -0.25) is 9.59 Å². The van der Waals surface area contributed by atoms with E-state index < -0.39 is 30.3 Å². The van der Waals surface area contributed by atoms with Gasteiger partial charge in [0.15, 0.2) is 6.73 Å². The topological polar surface area (TPSA) is 63.7 Å². The fourth-order valence-electron chi connectivity index (χ4n) is 2.30. The second-order valence-electron chi connectivity index (χ2n) is 5.03. The molecule has 0 N–H and O–H groups in total. The van der Waals surface area contributed by atoms with Gasteiger partial charge in [0.2, 0.25) is 0 Å². The number of imide groups is 1. The fraction of sp³-hybridized carbons (Fsp3) is 0.0556. The molecule has 1 aliphatic rings. The van der Waals surface area contributed by atoms with E-state index in [-0.39, 0.29) is 16.7 Å². The van der Waals surface area contributed by atoms with Gasteiger partial charge in [0.05, 0.1) is 11.1 Å². The summed E-state index contributed by atoms with van der Waals surface area (Å²) >= 11 is 0. The van der Waals surface area contributed by atoms with E-state index in [1.165, 1.54) is 36.4 Å². The maximum absolute atomic E-state index is 13.4. The van der Waals surface area contributed by atoms with Gasteiger partial charge in [0, 0.05) is 11.6 Å². The van der Waals surface area contributed by atoms with Gasteiger partial charge in [0.1, 0.15) is 5.82 Å². The number of halogens is 1. The summed E-state index contributed by atoms with van der Waals surface area (Å²) in [6.45, 7) is -0.493. The van der Waals surface area contributed by atoms with Crippen LogP contribution >= 0.6 is 0 Å². The molecule has 0 spiro atoms. The smallest absolute Gasteiger partial charge is 0.332 e. The molecule has 2 aromatic rings. The summed E-state index contributed by atoms with van der Waals surface area (Å²) in [5, 5.41) is 0. The largest absolute Gasteiger partial charge is 0.441 e. The summed E-state index contributed by atoms with van der Waals surface area (Å²) in [6.07, 6.45) is 2.30. The van der Waals surface area contributed by atoms with Crippen LogP contribution in [0.4, 0.5) is 4.39 Å². The molecule has 1 aliphatic heterocycles. The second kappa shape index (κ2) is 6.45. The lowest BCUT2D eigenvalue weighted by molar-refractivity contribution is -0.140. The molecule has 5 nitrogen and oxygen atoms in total. The molecular formula is C18H12FNO4. The number of nitrogens with zero attached hydrogens (tertiary/aromatic N) is 1. The van der Waals surface area contributed by atoms with Crippen LogP contribution in [-0.2, 0) is 9.53 Å². The first-order valence-electron chi connectivity index (χ1n) is 7.12.